The summed E-state index contributed by atoms with van der Waals surface area (Å²) in [5.74, 6) is -0.452. The van der Waals surface area contributed by atoms with E-state index in [1.807, 2.05) is 0 Å². The van der Waals surface area contributed by atoms with Gasteiger partial charge in [0.2, 0.25) is 0 Å². The average molecular weight is 335 g/mol. The van der Waals surface area contributed by atoms with Gasteiger partial charge in [0.15, 0.2) is 0 Å². The molecule has 3 amide bonds. The Bertz CT molecular complexity index is 565. The smallest absolute Gasteiger partial charge is 0.315 e. The summed E-state index contributed by atoms with van der Waals surface area (Å²) >= 11 is 0. The zero-order valence-electron chi connectivity index (χ0n) is 14.1. The molecule has 2 atom stereocenters. The van der Waals surface area contributed by atoms with E-state index in [2.05, 4.69) is 22.9 Å². The second kappa shape index (κ2) is 9.25. The molecule has 1 saturated carbocycles. The first-order valence-corrected chi connectivity index (χ1v) is 8.65. The van der Waals surface area contributed by atoms with Crippen LogP contribution < -0.4 is 16.0 Å². The minimum atomic E-state index is -0.533. The molecule has 2 unspecified atom stereocenters. The van der Waals surface area contributed by atoms with Crippen molar-refractivity contribution in [2.45, 2.75) is 45.1 Å². The molecular weight excluding hydrogens is 309 g/mol. The Balaban J connectivity index is 1.60. The van der Waals surface area contributed by atoms with Crippen LogP contribution in [0.15, 0.2) is 24.3 Å². The molecule has 24 heavy (non-hydrogen) atoms. The highest BCUT2D eigenvalue weighted by atomic mass is 19.1. The number of halogens is 1. The molecule has 0 saturated heterocycles. The second-order valence-corrected chi connectivity index (χ2v) is 6.36. The molecule has 0 heterocycles. The number of rotatable bonds is 6. The predicted octanol–water partition coefficient (Wildman–Crippen LogP) is 2.82. The molecule has 3 N–H and O–H groups in total. The number of benzene rings is 1. The van der Waals surface area contributed by atoms with Crippen LogP contribution in [-0.2, 0) is 0 Å². The first-order valence-electron chi connectivity index (χ1n) is 8.65. The van der Waals surface area contributed by atoms with E-state index in [-0.39, 0.29) is 17.6 Å². The molecule has 2 rings (SSSR count). The summed E-state index contributed by atoms with van der Waals surface area (Å²) in [6.07, 6.45) is 5.19. The highest BCUT2D eigenvalue weighted by molar-refractivity contribution is 5.94. The van der Waals surface area contributed by atoms with Crippen LogP contribution in [0, 0.1) is 11.7 Å². The van der Waals surface area contributed by atoms with Gasteiger partial charge in [0.1, 0.15) is 5.82 Å². The van der Waals surface area contributed by atoms with Gasteiger partial charge in [0, 0.05) is 19.1 Å². The summed E-state index contributed by atoms with van der Waals surface area (Å²) in [5.41, 5.74) is 0.0366. The second-order valence-electron chi connectivity index (χ2n) is 6.36. The molecule has 0 radical (unpaired) electrons. The first-order chi connectivity index (χ1) is 11.6. The molecule has 0 aliphatic heterocycles. The van der Waals surface area contributed by atoms with Crippen LogP contribution in [0.4, 0.5) is 9.18 Å². The molecular formula is C18H26FN3O2. The average Bonchev–Trinajstić information content (AvgIpc) is 2.57. The van der Waals surface area contributed by atoms with Crippen LogP contribution >= 0.6 is 0 Å². The van der Waals surface area contributed by atoms with Crippen molar-refractivity contribution in [3.05, 3.63) is 35.6 Å². The topological polar surface area (TPSA) is 70.2 Å². The van der Waals surface area contributed by atoms with E-state index in [9.17, 15) is 14.0 Å². The fraction of sp³-hybridized carbons (Fsp3) is 0.556. The maximum Gasteiger partial charge on any atom is 0.315 e. The van der Waals surface area contributed by atoms with Gasteiger partial charge in [-0.25, -0.2) is 9.18 Å². The number of hydrogen-bond acceptors (Lipinski definition) is 2. The Morgan fingerprint density at radius 2 is 1.83 bits per heavy atom. The quantitative estimate of drug-likeness (QED) is 0.700. The van der Waals surface area contributed by atoms with Gasteiger partial charge in [0.05, 0.1) is 5.56 Å². The normalized spacial score (nSPS) is 20.2. The van der Waals surface area contributed by atoms with E-state index in [1.54, 1.807) is 12.1 Å². The molecule has 1 fully saturated rings. The maximum atomic E-state index is 13.4. The van der Waals surface area contributed by atoms with E-state index in [0.717, 1.165) is 19.3 Å². The van der Waals surface area contributed by atoms with Crippen molar-refractivity contribution in [3.8, 4) is 0 Å². The lowest BCUT2D eigenvalue weighted by Crippen LogP contribution is -2.46. The van der Waals surface area contributed by atoms with Crippen molar-refractivity contribution < 1.29 is 14.0 Å². The van der Waals surface area contributed by atoms with Crippen LogP contribution in [0.25, 0.3) is 0 Å². The summed E-state index contributed by atoms with van der Waals surface area (Å²) < 4.78 is 13.4. The van der Waals surface area contributed by atoms with Gasteiger partial charge >= 0.3 is 6.03 Å². The lowest BCUT2D eigenvalue weighted by atomic mass is 9.86. The summed E-state index contributed by atoms with van der Waals surface area (Å²) in [7, 11) is 0. The van der Waals surface area contributed by atoms with Gasteiger partial charge in [-0.3, -0.25) is 4.79 Å². The minimum Gasteiger partial charge on any atom is -0.352 e. The number of carbonyl (C=O) groups excluding carboxylic acids is 2. The van der Waals surface area contributed by atoms with Crippen LogP contribution in [0.1, 0.15) is 49.4 Å². The molecule has 1 aromatic rings. The third-order valence-corrected chi connectivity index (χ3v) is 4.47. The van der Waals surface area contributed by atoms with Gasteiger partial charge in [-0.1, -0.05) is 31.9 Å². The van der Waals surface area contributed by atoms with Crippen LogP contribution in [0.5, 0.6) is 0 Å². The highest BCUT2D eigenvalue weighted by Gasteiger charge is 2.22. The standard InChI is InChI=1S/C18H26FN3O2/c1-13-7-2-5-10-16(13)22-18(24)21-12-6-11-20-17(23)14-8-3-4-9-15(14)19/h3-4,8-9,13,16H,2,5-7,10-12H2,1H3,(H,20,23)(H2,21,22,24). The van der Waals surface area contributed by atoms with Gasteiger partial charge in [-0.2, -0.15) is 0 Å². The van der Waals surface area contributed by atoms with Crippen molar-refractivity contribution >= 4 is 11.9 Å². The number of nitrogens with one attached hydrogen (secondary N) is 3. The monoisotopic (exact) mass is 335 g/mol. The van der Waals surface area contributed by atoms with Crippen molar-refractivity contribution in [3.63, 3.8) is 0 Å². The summed E-state index contributed by atoms with van der Waals surface area (Å²) in [6.45, 7) is 3.01. The van der Waals surface area contributed by atoms with Gasteiger partial charge in [0.25, 0.3) is 5.91 Å². The zero-order chi connectivity index (χ0) is 17.4. The number of amides is 3. The molecule has 1 aliphatic carbocycles. The number of hydrogen-bond donors (Lipinski definition) is 3. The van der Waals surface area contributed by atoms with Crippen LogP contribution in [0.2, 0.25) is 0 Å². The summed E-state index contributed by atoms with van der Waals surface area (Å²) in [4.78, 5) is 23.7. The van der Waals surface area contributed by atoms with E-state index < -0.39 is 11.7 Å². The highest BCUT2D eigenvalue weighted by Crippen LogP contribution is 2.23. The molecule has 5 nitrogen and oxygen atoms in total. The van der Waals surface area contributed by atoms with Crippen molar-refractivity contribution in [1.29, 1.82) is 0 Å². The molecule has 6 heteroatoms. The third-order valence-electron chi connectivity index (χ3n) is 4.47. The SMILES string of the molecule is CC1CCCCC1NC(=O)NCCCNC(=O)c1ccccc1F. The van der Waals surface area contributed by atoms with Gasteiger partial charge < -0.3 is 16.0 Å². The third kappa shape index (κ3) is 5.51. The Labute approximate surface area is 142 Å². The molecule has 1 aromatic carbocycles. The van der Waals surface area contributed by atoms with Gasteiger partial charge in [-0.05, 0) is 37.3 Å². The molecule has 1 aliphatic rings. The summed E-state index contributed by atoms with van der Waals surface area (Å²) in [5, 5.41) is 8.47. The number of urea groups is 1. The maximum absolute atomic E-state index is 13.4. The van der Waals surface area contributed by atoms with Gasteiger partial charge in [-0.15, -0.1) is 0 Å². The van der Waals surface area contributed by atoms with Crippen molar-refractivity contribution in [1.82, 2.24) is 16.0 Å². The van der Waals surface area contributed by atoms with Crippen LogP contribution in [0.3, 0.4) is 0 Å². The van der Waals surface area contributed by atoms with Crippen molar-refractivity contribution in [2.75, 3.05) is 13.1 Å². The first kappa shape index (κ1) is 18.2. The predicted molar refractivity (Wildman–Crippen MR) is 91.3 cm³/mol. The Kier molecular flexibility index (Phi) is 7.03. The fourth-order valence-corrected chi connectivity index (χ4v) is 2.98. The fourth-order valence-electron chi connectivity index (χ4n) is 2.98. The molecule has 0 bridgehead atoms. The Morgan fingerprint density at radius 3 is 2.58 bits per heavy atom. The van der Waals surface area contributed by atoms with Crippen molar-refractivity contribution in [2.24, 2.45) is 5.92 Å². The number of carbonyl (C=O) groups is 2. The molecule has 0 aromatic heterocycles. The van der Waals surface area contributed by atoms with E-state index >= 15 is 0 Å². The Hall–Kier alpha value is -2.11. The zero-order valence-corrected chi connectivity index (χ0v) is 14.1. The Morgan fingerprint density at radius 1 is 1.12 bits per heavy atom. The summed E-state index contributed by atoms with van der Waals surface area (Å²) in [6, 6.07) is 5.96. The lowest BCUT2D eigenvalue weighted by Gasteiger charge is -2.29. The molecule has 0 spiro atoms. The van der Waals surface area contributed by atoms with E-state index in [1.165, 1.54) is 18.6 Å². The molecule has 132 valence electrons. The van der Waals surface area contributed by atoms with E-state index in [0.29, 0.717) is 25.4 Å². The van der Waals surface area contributed by atoms with E-state index in [4.69, 9.17) is 0 Å². The minimum absolute atomic E-state index is 0.0366. The van der Waals surface area contributed by atoms with Crippen LogP contribution in [-0.4, -0.2) is 31.1 Å². The largest absolute Gasteiger partial charge is 0.352 e. The lowest BCUT2D eigenvalue weighted by molar-refractivity contribution is 0.0949.